The van der Waals surface area contributed by atoms with Gasteiger partial charge in [0.15, 0.2) is 0 Å². The lowest BCUT2D eigenvalue weighted by Crippen LogP contribution is -2.45. The second-order valence-electron chi connectivity index (χ2n) is 13.5. The Balaban J connectivity index is 1.00. The molecule has 4 unspecified atom stereocenters. The van der Waals surface area contributed by atoms with E-state index in [9.17, 15) is 0 Å². The summed E-state index contributed by atoms with van der Waals surface area (Å²) in [6, 6.07) is 48.0. The second kappa shape index (κ2) is 11.5. The van der Waals surface area contributed by atoms with E-state index in [-0.39, 0.29) is 24.4 Å². The van der Waals surface area contributed by atoms with Gasteiger partial charge in [0.2, 0.25) is 0 Å². The number of thiophene rings is 2. The van der Waals surface area contributed by atoms with Gasteiger partial charge >= 0.3 is 0 Å². The van der Waals surface area contributed by atoms with E-state index in [1.165, 1.54) is 68.2 Å². The molecule has 0 radical (unpaired) electrons. The van der Waals surface area contributed by atoms with Crippen LogP contribution in [0.4, 0.5) is 0 Å². The summed E-state index contributed by atoms with van der Waals surface area (Å²) in [5.74, 6) is 1.93. The van der Waals surface area contributed by atoms with E-state index in [1.807, 2.05) is 22.7 Å². The number of ether oxygens (including phenoxy) is 1. The average Bonchev–Trinajstić information content (AvgIpc) is 3.89. The highest BCUT2D eigenvalue weighted by Crippen LogP contribution is 2.47. The van der Waals surface area contributed by atoms with Gasteiger partial charge in [-0.3, -0.25) is 5.32 Å². The Bertz CT molecular complexity index is 2770. The normalized spacial score (nSPS) is 20.9. The molecule has 4 atom stereocenters. The van der Waals surface area contributed by atoms with Gasteiger partial charge in [0.25, 0.3) is 0 Å². The molecule has 0 fully saturated rings. The van der Waals surface area contributed by atoms with Gasteiger partial charge in [-0.1, -0.05) is 121 Å². The summed E-state index contributed by atoms with van der Waals surface area (Å²) in [4.78, 5) is 5.40. The third-order valence-electron chi connectivity index (χ3n) is 10.5. The molecule has 4 nitrogen and oxygen atoms in total. The second-order valence-corrected chi connectivity index (χ2v) is 15.6. The minimum absolute atomic E-state index is 0.0468. The monoisotopic (exact) mass is 693 g/mol. The lowest BCUT2D eigenvalue weighted by molar-refractivity contribution is 0.268. The molecule has 3 aliphatic rings. The van der Waals surface area contributed by atoms with E-state index in [2.05, 4.69) is 162 Å². The third-order valence-corrected chi connectivity index (χ3v) is 13.0. The molecular weight excluding hydrogens is 663 g/mol. The molecule has 0 saturated heterocycles. The van der Waals surface area contributed by atoms with E-state index in [0.29, 0.717) is 0 Å². The Labute approximate surface area is 303 Å². The molecule has 8 aromatic rings. The Morgan fingerprint density at radius 1 is 0.627 bits per heavy atom. The summed E-state index contributed by atoms with van der Waals surface area (Å²) >= 11 is 3.72. The van der Waals surface area contributed by atoms with Crippen LogP contribution < -0.4 is 15.4 Å². The number of amidine groups is 1. The van der Waals surface area contributed by atoms with Crippen LogP contribution in [0.3, 0.4) is 0 Å². The molecule has 6 aromatic carbocycles. The van der Waals surface area contributed by atoms with Gasteiger partial charge in [-0.15, -0.1) is 22.7 Å². The first-order valence-electron chi connectivity index (χ1n) is 17.4. The first-order valence-corrected chi connectivity index (χ1v) is 19.1. The van der Waals surface area contributed by atoms with Crippen molar-refractivity contribution >= 4 is 68.9 Å². The Morgan fingerprint density at radius 3 is 2.16 bits per heavy atom. The first-order chi connectivity index (χ1) is 25.2. The van der Waals surface area contributed by atoms with Gasteiger partial charge < -0.3 is 10.1 Å². The van der Waals surface area contributed by atoms with Crippen LogP contribution in [0.15, 0.2) is 162 Å². The number of nitrogens with one attached hydrogen (secondary N) is 2. The molecule has 4 heterocycles. The predicted molar refractivity (Wildman–Crippen MR) is 214 cm³/mol. The minimum atomic E-state index is -0.226. The van der Waals surface area contributed by atoms with Gasteiger partial charge in [0, 0.05) is 63.0 Å². The molecule has 51 heavy (non-hydrogen) atoms. The standard InChI is InChI=1S/C45H31N3OS2/c1-2-10-26(11-3-1)43-46-44(48-45(47-43)34-17-9-16-33-31-13-5-7-19-40(31)51-42(33)34)28-21-23-38-36(25-28)35-24-27(20-22-37(35)49-38)29-14-8-15-32-30-12-4-6-18-39(30)50-41(29)32/h1-25,36,38,43,45,47H,(H,46,48). The van der Waals surface area contributed by atoms with Crippen LogP contribution in [-0.4, -0.2) is 11.9 Å². The maximum atomic E-state index is 6.53. The summed E-state index contributed by atoms with van der Waals surface area (Å²) < 4.78 is 11.8. The van der Waals surface area contributed by atoms with Gasteiger partial charge in [-0.25, -0.2) is 4.99 Å². The molecule has 1 aliphatic carbocycles. The fourth-order valence-corrected chi connectivity index (χ4v) is 10.5. The fraction of sp³-hybridized carbons (Fsp3) is 0.0889. The molecule has 0 spiro atoms. The van der Waals surface area contributed by atoms with Crippen molar-refractivity contribution in [1.29, 1.82) is 0 Å². The Kier molecular flexibility index (Phi) is 6.59. The highest BCUT2D eigenvalue weighted by molar-refractivity contribution is 7.26. The largest absolute Gasteiger partial charge is 0.485 e. The Morgan fingerprint density at radius 2 is 1.33 bits per heavy atom. The van der Waals surface area contributed by atoms with Gasteiger partial charge in [-0.05, 0) is 47.0 Å². The highest BCUT2D eigenvalue weighted by atomic mass is 32.1. The molecule has 2 N–H and O–H groups in total. The van der Waals surface area contributed by atoms with E-state index in [1.54, 1.807) is 0 Å². The van der Waals surface area contributed by atoms with Gasteiger partial charge in [0.1, 0.15) is 30.0 Å². The topological polar surface area (TPSA) is 45.6 Å². The van der Waals surface area contributed by atoms with Crippen molar-refractivity contribution in [1.82, 2.24) is 10.6 Å². The number of rotatable bonds is 4. The van der Waals surface area contributed by atoms with Crippen LogP contribution in [-0.2, 0) is 0 Å². The van der Waals surface area contributed by atoms with Crippen LogP contribution in [0.25, 0.3) is 51.5 Å². The number of fused-ring (bicyclic) bond motifs is 9. The van der Waals surface area contributed by atoms with Crippen LogP contribution in [0, 0.1) is 0 Å². The van der Waals surface area contributed by atoms with Crippen LogP contribution in [0.2, 0.25) is 0 Å². The van der Waals surface area contributed by atoms with Crippen LogP contribution in [0.1, 0.15) is 34.9 Å². The van der Waals surface area contributed by atoms with Crippen molar-refractivity contribution in [2.45, 2.75) is 24.4 Å². The van der Waals surface area contributed by atoms with Crippen molar-refractivity contribution in [2.75, 3.05) is 0 Å². The quantitative estimate of drug-likeness (QED) is 0.193. The van der Waals surface area contributed by atoms with Crippen molar-refractivity contribution < 1.29 is 4.74 Å². The van der Waals surface area contributed by atoms with Crippen LogP contribution in [0.5, 0.6) is 5.75 Å². The van der Waals surface area contributed by atoms with Gasteiger partial charge in [-0.2, -0.15) is 0 Å². The molecule has 0 bridgehead atoms. The fourth-order valence-electron chi connectivity index (χ4n) is 8.07. The van der Waals surface area contributed by atoms with Crippen LogP contribution >= 0.6 is 22.7 Å². The maximum absolute atomic E-state index is 6.53. The number of nitrogens with zero attached hydrogens (tertiary/aromatic N) is 1. The summed E-state index contributed by atoms with van der Waals surface area (Å²) in [6.07, 6.45) is 6.36. The average molecular weight is 694 g/mol. The maximum Gasteiger partial charge on any atom is 0.131 e. The van der Waals surface area contributed by atoms with Crippen molar-refractivity contribution in [3.8, 4) is 16.9 Å². The molecular formula is C45H31N3OS2. The van der Waals surface area contributed by atoms with Crippen molar-refractivity contribution in [3.05, 3.63) is 174 Å². The number of hydrogen-bond donors (Lipinski definition) is 2. The van der Waals surface area contributed by atoms with Crippen molar-refractivity contribution in [2.24, 2.45) is 4.99 Å². The zero-order valence-electron chi connectivity index (χ0n) is 27.4. The smallest absolute Gasteiger partial charge is 0.131 e. The minimum Gasteiger partial charge on any atom is -0.485 e. The summed E-state index contributed by atoms with van der Waals surface area (Å²) in [6.45, 7) is 0. The number of benzene rings is 6. The lowest BCUT2D eigenvalue weighted by atomic mass is 9.87. The third kappa shape index (κ3) is 4.71. The molecule has 244 valence electrons. The van der Waals surface area contributed by atoms with E-state index in [0.717, 1.165) is 17.2 Å². The van der Waals surface area contributed by atoms with E-state index >= 15 is 0 Å². The van der Waals surface area contributed by atoms with Gasteiger partial charge in [0.05, 0.1) is 0 Å². The number of aliphatic imine (C=N–C) groups is 1. The summed E-state index contributed by atoms with van der Waals surface area (Å²) in [7, 11) is 0. The molecule has 0 saturated carbocycles. The molecule has 6 heteroatoms. The van der Waals surface area contributed by atoms with Crippen molar-refractivity contribution in [3.63, 3.8) is 0 Å². The number of hydrogen-bond acceptors (Lipinski definition) is 6. The molecule has 11 rings (SSSR count). The lowest BCUT2D eigenvalue weighted by Gasteiger charge is -2.33. The molecule has 2 aliphatic heterocycles. The SMILES string of the molecule is C1=CC2Oc3ccc(-c4cccc5c4sc4ccccc45)cc3C2C=C1C1=NC(c2cccc3c2sc2ccccc23)NC(c2ccccc2)N1. The first kappa shape index (κ1) is 29.2. The molecule has 0 amide bonds. The molecule has 2 aromatic heterocycles. The highest BCUT2D eigenvalue weighted by Gasteiger charge is 2.36. The Hall–Kier alpha value is -5.53. The predicted octanol–water partition coefficient (Wildman–Crippen LogP) is 11.4. The summed E-state index contributed by atoms with van der Waals surface area (Å²) in [5.41, 5.74) is 7.16. The van der Waals surface area contributed by atoms with E-state index < -0.39 is 0 Å². The van der Waals surface area contributed by atoms with E-state index in [4.69, 9.17) is 9.73 Å². The summed E-state index contributed by atoms with van der Waals surface area (Å²) in [5, 5.41) is 12.8. The zero-order chi connectivity index (χ0) is 33.5. The zero-order valence-corrected chi connectivity index (χ0v) is 29.0.